The Labute approximate surface area is 236 Å². The van der Waals surface area contributed by atoms with Crippen LogP contribution < -0.4 is 10.1 Å². The molecule has 1 saturated carbocycles. The van der Waals surface area contributed by atoms with Crippen molar-refractivity contribution in [3.05, 3.63) is 54.9 Å². The number of carbonyl (C=O) groups excluding carboxylic acids is 1. The van der Waals surface area contributed by atoms with Gasteiger partial charge in [-0.25, -0.2) is 18.4 Å². The highest BCUT2D eigenvalue weighted by Gasteiger charge is 2.44. The standard InChI is InChI=1S/C30H39N5O4S/c1-20(2)34(3)22-10-13-28(21(16-22)18-40(37,38)24-8-6-5-7-9-24)35-15-14-27(30(35)36)33-29-25-17-23(39-4)11-12-26(25)31-19-32-29/h5-9,11-12,17,19-22,27-28H,10,13-16,18H2,1-4H3,(H,31,32,33)/t21-,22-,27+,28+/m1/s1. The summed E-state index contributed by atoms with van der Waals surface area (Å²) in [5.41, 5.74) is 0.763. The second kappa shape index (κ2) is 11.7. The van der Waals surface area contributed by atoms with Crippen LogP contribution in [0.15, 0.2) is 59.8 Å². The Morgan fingerprint density at radius 3 is 2.60 bits per heavy atom. The van der Waals surface area contributed by atoms with Crippen LogP contribution in [0.5, 0.6) is 5.75 Å². The molecule has 40 heavy (non-hydrogen) atoms. The zero-order valence-electron chi connectivity index (χ0n) is 23.7. The molecule has 0 unspecified atom stereocenters. The summed E-state index contributed by atoms with van der Waals surface area (Å²) in [6.07, 6.45) is 4.56. The summed E-state index contributed by atoms with van der Waals surface area (Å²) in [5.74, 6) is 1.15. The van der Waals surface area contributed by atoms with Gasteiger partial charge in [-0.05, 0) is 82.8 Å². The molecule has 2 fully saturated rings. The molecular weight excluding hydrogens is 526 g/mol. The molecule has 214 valence electrons. The van der Waals surface area contributed by atoms with E-state index in [1.807, 2.05) is 29.2 Å². The first-order chi connectivity index (χ1) is 19.2. The highest BCUT2D eigenvalue weighted by atomic mass is 32.2. The minimum atomic E-state index is -3.50. The highest BCUT2D eigenvalue weighted by molar-refractivity contribution is 7.91. The Morgan fingerprint density at radius 2 is 1.88 bits per heavy atom. The van der Waals surface area contributed by atoms with Crippen molar-refractivity contribution >= 4 is 32.5 Å². The molecule has 1 amide bonds. The molecule has 10 heteroatoms. The number of methoxy groups -OCH3 is 1. The van der Waals surface area contributed by atoms with Crippen molar-refractivity contribution in [3.63, 3.8) is 0 Å². The number of rotatable bonds is 9. The molecule has 1 N–H and O–H groups in total. The van der Waals surface area contributed by atoms with Crippen molar-refractivity contribution in [3.8, 4) is 5.75 Å². The SMILES string of the molecule is COc1ccc2ncnc(N[C@H]3CCN([C@H]4CC[C@@H](N(C)C(C)C)C[C@@H]4CS(=O)(=O)c4ccccc4)C3=O)c2c1. The van der Waals surface area contributed by atoms with E-state index in [0.29, 0.717) is 35.5 Å². The number of hydrogen-bond donors (Lipinski definition) is 1. The van der Waals surface area contributed by atoms with Crippen LogP contribution in [0.2, 0.25) is 0 Å². The van der Waals surface area contributed by atoms with E-state index in [0.717, 1.165) is 30.2 Å². The van der Waals surface area contributed by atoms with Gasteiger partial charge in [0.05, 0.1) is 23.3 Å². The summed E-state index contributed by atoms with van der Waals surface area (Å²) >= 11 is 0. The fraction of sp³-hybridized carbons (Fsp3) is 0.500. The topological polar surface area (TPSA) is 105 Å². The molecule has 1 saturated heterocycles. The molecule has 1 aliphatic carbocycles. The fourth-order valence-electron chi connectivity index (χ4n) is 6.22. The second-order valence-corrected chi connectivity index (χ2v) is 13.3. The number of hydrogen-bond acceptors (Lipinski definition) is 8. The Morgan fingerprint density at radius 1 is 1.10 bits per heavy atom. The van der Waals surface area contributed by atoms with E-state index in [-0.39, 0.29) is 29.7 Å². The van der Waals surface area contributed by atoms with Gasteiger partial charge in [0.15, 0.2) is 9.84 Å². The lowest BCUT2D eigenvalue weighted by atomic mass is 9.81. The number of sulfone groups is 1. The van der Waals surface area contributed by atoms with Gasteiger partial charge in [0.1, 0.15) is 23.9 Å². The van der Waals surface area contributed by atoms with Crippen molar-refractivity contribution in [1.82, 2.24) is 19.8 Å². The van der Waals surface area contributed by atoms with Gasteiger partial charge in [-0.3, -0.25) is 4.79 Å². The third-order valence-corrected chi connectivity index (χ3v) is 10.5. The average molecular weight is 566 g/mol. The first-order valence-corrected chi connectivity index (χ1v) is 15.7. The summed E-state index contributed by atoms with van der Waals surface area (Å²) in [4.78, 5) is 27.2. The number of benzene rings is 2. The van der Waals surface area contributed by atoms with Gasteiger partial charge in [0.25, 0.3) is 0 Å². The zero-order valence-corrected chi connectivity index (χ0v) is 24.5. The van der Waals surface area contributed by atoms with Gasteiger partial charge in [-0.15, -0.1) is 0 Å². The maximum absolute atomic E-state index is 13.8. The maximum atomic E-state index is 13.8. The molecule has 0 radical (unpaired) electrons. The number of aromatic nitrogens is 2. The predicted molar refractivity (Wildman–Crippen MR) is 156 cm³/mol. The number of nitrogens with one attached hydrogen (secondary N) is 1. The summed E-state index contributed by atoms with van der Waals surface area (Å²) in [7, 11) is 0.218. The molecule has 2 aromatic carbocycles. The Balaban J connectivity index is 1.37. The third-order valence-electron chi connectivity index (χ3n) is 8.63. The lowest BCUT2D eigenvalue weighted by Gasteiger charge is -2.44. The van der Waals surface area contributed by atoms with Gasteiger partial charge >= 0.3 is 0 Å². The van der Waals surface area contributed by atoms with E-state index in [1.165, 1.54) is 6.33 Å². The third kappa shape index (κ3) is 5.78. The van der Waals surface area contributed by atoms with Gasteiger partial charge in [0, 0.05) is 30.1 Å². The largest absolute Gasteiger partial charge is 0.497 e. The second-order valence-electron chi connectivity index (χ2n) is 11.3. The minimum absolute atomic E-state index is 0.00238. The molecular formula is C30H39N5O4S. The molecule has 0 spiro atoms. The Hall–Kier alpha value is -3.24. The van der Waals surface area contributed by atoms with Gasteiger partial charge in [0.2, 0.25) is 5.91 Å². The van der Waals surface area contributed by atoms with E-state index >= 15 is 0 Å². The number of carbonyl (C=O) groups is 1. The first-order valence-electron chi connectivity index (χ1n) is 14.0. The molecule has 4 atom stereocenters. The van der Waals surface area contributed by atoms with E-state index < -0.39 is 15.9 Å². The molecule has 5 rings (SSSR count). The minimum Gasteiger partial charge on any atom is -0.497 e. The molecule has 2 heterocycles. The van der Waals surface area contributed by atoms with Crippen LogP contribution in [0.3, 0.4) is 0 Å². The molecule has 1 aliphatic heterocycles. The number of ether oxygens (including phenoxy) is 1. The molecule has 9 nitrogen and oxygen atoms in total. The number of anilines is 1. The number of likely N-dealkylation sites (tertiary alicyclic amines) is 1. The molecule has 3 aromatic rings. The van der Waals surface area contributed by atoms with Crippen LogP contribution in [-0.2, 0) is 14.6 Å². The van der Waals surface area contributed by atoms with Crippen LogP contribution in [-0.4, -0.2) is 84.7 Å². The van der Waals surface area contributed by atoms with Crippen molar-refractivity contribution in [2.24, 2.45) is 5.92 Å². The smallest absolute Gasteiger partial charge is 0.245 e. The number of nitrogens with zero attached hydrogens (tertiary/aromatic N) is 4. The van der Waals surface area contributed by atoms with Crippen LogP contribution in [0.1, 0.15) is 39.5 Å². The van der Waals surface area contributed by atoms with Crippen LogP contribution in [0, 0.1) is 5.92 Å². The van der Waals surface area contributed by atoms with Crippen molar-refractivity contribution in [2.45, 2.75) is 68.6 Å². The summed E-state index contributed by atoms with van der Waals surface area (Å²) in [6, 6.07) is 14.3. The summed E-state index contributed by atoms with van der Waals surface area (Å²) in [5, 5.41) is 4.15. The fourth-order valence-corrected chi connectivity index (χ4v) is 7.90. The molecule has 2 aliphatic rings. The van der Waals surface area contributed by atoms with Gasteiger partial charge in [-0.2, -0.15) is 0 Å². The monoisotopic (exact) mass is 565 g/mol. The van der Waals surface area contributed by atoms with E-state index in [9.17, 15) is 13.2 Å². The van der Waals surface area contributed by atoms with Gasteiger partial charge < -0.3 is 19.9 Å². The normalized spacial score (nSPS) is 23.8. The van der Waals surface area contributed by atoms with Gasteiger partial charge in [-0.1, -0.05) is 18.2 Å². The van der Waals surface area contributed by atoms with Crippen LogP contribution >= 0.6 is 0 Å². The Bertz CT molecular complexity index is 1450. The van der Waals surface area contributed by atoms with E-state index in [1.54, 1.807) is 31.4 Å². The van der Waals surface area contributed by atoms with Crippen molar-refractivity contribution < 1.29 is 17.9 Å². The average Bonchev–Trinajstić information content (AvgIpc) is 3.32. The van der Waals surface area contributed by atoms with Crippen LogP contribution in [0.25, 0.3) is 10.9 Å². The van der Waals surface area contributed by atoms with Crippen LogP contribution in [0.4, 0.5) is 5.82 Å². The quantitative estimate of drug-likeness (QED) is 0.415. The zero-order chi connectivity index (χ0) is 28.4. The molecule has 0 bridgehead atoms. The lowest BCUT2D eigenvalue weighted by Crippen LogP contribution is -2.52. The highest BCUT2D eigenvalue weighted by Crippen LogP contribution is 2.36. The van der Waals surface area contributed by atoms with Crippen molar-refractivity contribution in [1.29, 1.82) is 0 Å². The van der Waals surface area contributed by atoms with E-state index in [4.69, 9.17) is 4.74 Å². The number of fused-ring (bicyclic) bond motifs is 1. The summed E-state index contributed by atoms with van der Waals surface area (Å²) < 4.78 is 32.3. The molecule has 1 aromatic heterocycles. The van der Waals surface area contributed by atoms with Crippen molar-refractivity contribution in [2.75, 3.05) is 31.8 Å². The van der Waals surface area contributed by atoms with E-state index in [2.05, 4.69) is 41.1 Å². The lowest BCUT2D eigenvalue weighted by molar-refractivity contribution is -0.132. The number of amides is 1. The summed E-state index contributed by atoms with van der Waals surface area (Å²) in [6.45, 7) is 4.91. The maximum Gasteiger partial charge on any atom is 0.245 e. The predicted octanol–water partition coefficient (Wildman–Crippen LogP) is 4.00. The first kappa shape index (κ1) is 28.3. The Kier molecular flexibility index (Phi) is 8.28.